The van der Waals surface area contributed by atoms with Gasteiger partial charge in [0.25, 0.3) is 0 Å². The Labute approximate surface area is 230 Å². The molecule has 7 nitrogen and oxygen atoms in total. The average molecular weight is 533 g/mol. The lowest BCUT2D eigenvalue weighted by Gasteiger charge is -2.61. The van der Waals surface area contributed by atoms with Crippen molar-refractivity contribution in [3.05, 3.63) is 41.6 Å². The molecule has 1 unspecified atom stereocenters. The third-order valence-corrected chi connectivity index (χ3v) is 10.5. The van der Waals surface area contributed by atoms with Gasteiger partial charge >= 0.3 is 0 Å². The van der Waals surface area contributed by atoms with Crippen molar-refractivity contribution in [1.82, 2.24) is 15.3 Å². The number of aromatic nitrogens is 2. The Bertz CT molecular complexity index is 1160. The summed E-state index contributed by atoms with van der Waals surface area (Å²) in [6.07, 6.45) is 14.2. The molecule has 0 saturated heterocycles. The molecule has 0 radical (unpaired) electrons. The molecule has 0 amide bonds. The van der Waals surface area contributed by atoms with Gasteiger partial charge in [0.05, 0.1) is 12.3 Å². The van der Waals surface area contributed by atoms with E-state index in [4.69, 9.17) is 4.98 Å². The van der Waals surface area contributed by atoms with Gasteiger partial charge in [0.15, 0.2) is 0 Å². The standard InChI is InChI=1S/C30H40N6OS/c1-38-26-5-3-2-4-20(26)16-32-29-33-17-23(15-31)28(36-29)34-18-30-12-19-10-21(13-30)27(22(11-19)14-30)35-24-6-8-25(37)9-7-24/h2-5,17,19,21-22,24-25,27,35,37H,6-14,16,18H2,1H3,(H2,32,33,34,36)/t19?,21-,22+,24?,25?,27+,30-. The Balaban J connectivity index is 1.10. The zero-order valence-corrected chi connectivity index (χ0v) is 23.1. The first-order valence-electron chi connectivity index (χ1n) is 14.3. The van der Waals surface area contributed by atoms with Gasteiger partial charge in [0.2, 0.25) is 5.95 Å². The van der Waals surface area contributed by atoms with Crippen LogP contribution in [-0.2, 0) is 6.54 Å². The molecular formula is C30H40N6OS. The van der Waals surface area contributed by atoms with Gasteiger partial charge in [-0.1, -0.05) is 18.2 Å². The second kappa shape index (κ2) is 11.0. The highest BCUT2D eigenvalue weighted by Crippen LogP contribution is 2.60. The molecule has 8 heteroatoms. The maximum Gasteiger partial charge on any atom is 0.224 e. The Hall–Kier alpha value is -2.34. The van der Waals surface area contributed by atoms with E-state index in [-0.39, 0.29) is 6.10 Å². The minimum absolute atomic E-state index is 0.0946. The van der Waals surface area contributed by atoms with E-state index in [2.05, 4.69) is 57.5 Å². The summed E-state index contributed by atoms with van der Waals surface area (Å²) in [6, 6.07) is 11.8. The van der Waals surface area contributed by atoms with Gasteiger partial charge in [-0.05, 0) is 98.8 Å². The van der Waals surface area contributed by atoms with Crippen LogP contribution in [0, 0.1) is 34.5 Å². The molecule has 2 aromatic rings. The van der Waals surface area contributed by atoms with Crippen LogP contribution in [0.4, 0.5) is 11.8 Å². The molecule has 0 spiro atoms. The van der Waals surface area contributed by atoms with E-state index in [0.29, 0.717) is 41.4 Å². The van der Waals surface area contributed by atoms with Crippen molar-refractivity contribution < 1.29 is 5.11 Å². The van der Waals surface area contributed by atoms with Crippen molar-refractivity contribution in [2.24, 2.45) is 23.2 Å². The van der Waals surface area contributed by atoms with Crippen molar-refractivity contribution in [3.63, 3.8) is 0 Å². The van der Waals surface area contributed by atoms with Crippen LogP contribution in [0.25, 0.3) is 0 Å². The highest BCUT2D eigenvalue weighted by molar-refractivity contribution is 7.98. The van der Waals surface area contributed by atoms with E-state index in [1.807, 2.05) is 0 Å². The maximum atomic E-state index is 9.91. The zero-order valence-electron chi connectivity index (χ0n) is 22.3. The summed E-state index contributed by atoms with van der Waals surface area (Å²) in [5, 5.41) is 30.7. The van der Waals surface area contributed by atoms with E-state index >= 15 is 0 Å². The van der Waals surface area contributed by atoms with E-state index < -0.39 is 0 Å². The molecule has 4 N–H and O–H groups in total. The van der Waals surface area contributed by atoms with Gasteiger partial charge in [-0.15, -0.1) is 11.8 Å². The summed E-state index contributed by atoms with van der Waals surface area (Å²) in [5.74, 6) is 3.51. The second-order valence-corrected chi connectivity index (χ2v) is 13.1. The number of aliphatic hydroxyl groups excluding tert-OH is 1. The highest BCUT2D eigenvalue weighted by atomic mass is 32.2. The van der Waals surface area contributed by atoms with Gasteiger partial charge in [-0.25, -0.2) is 4.98 Å². The molecule has 4 bridgehead atoms. The highest BCUT2D eigenvalue weighted by Gasteiger charge is 2.55. The molecule has 1 heterocycles. The van der Waals surface area contributed by atoms with Crippen molar-refractivity contribution in [2.75, 3.05) is 23.4 Å². The number of thioether (sulfide) groups is 1. The average Bonchev–Trinajstić information content (AvgIpc) is 2.93. The fourth-order valence-electron chi connectivity index (χ4n) is 8.17. The van der Waals surface area contributed by atoms with Crippen LogP contribution in [0.15, 0.2) is 35.4 Å². The molecule has 5 atom stereocenters. The summed E-state index contributed by atoms with van der Waals surface area (Å²) in [5.41, 5.74) is 2.01. The third-order valence-electron chi connectivity index (χ3n) is 9.69. The molecule has 5 aliphatic rings. The Morgan fingerprint density at radius 1 is 1.08 bits per heavy atom. The quantitative estimate of drug-likeness (QED) is 0.327. The lowest BCUT2D eigenvalue weighted by Crippen LogP contribution is -2.61. The second-order valence-electron chi connectivity index (χ2n) is 12.3. The first-order valence-corrected chi connectivity index (χ1v) is 15.6. The minimum atomic E-state index is -0.0946. The van der Waals surface area contributed by atoms with Crippen molar-refractivity contribution in [3.8, 4) is 6.07 Å². The van der Waals surface area contributed by atoms with E-state index in [9.17, 15) is 10.4 Å². The summed E-state index contributed by atoms with van der Waals surface area (Å²) in [4.78, 5) is 10.4. The molecule has 7 rings (SSSR count). The SMILES string of the molecule is CSc1ccccc1CNc1ncc(C#N)c(NC[C@]23CC4C[C@H](C2)[C@H](NC2CCC(O)CC2)[C@@H](C4)C3)n1. The van der Waals surface area contributed by atoms with Crippen molar-refractivity contribution in [2.45, 2.75) is 87.4 Å². The van der Waals surface area contributed by atoms with Gasteiger partial charge in [0.1, 0.15) is 17.5 Å². The van der Waals surface area contributed by atoms with E-state index in [0.717, 1.165) is 50.0 Å². The lowest BCUT2D eigenvalue weighted by atomic mass is 9.47. The van der Waals surface area contributed by atoms with Crippen LogP contribution < -0.4 is 16.0 Å². The van der Waals surface area contributed by atoms with Crippen LogP contribution in [0.2, 0.25) is 0 Å². The topological polar surface area (TPSA) is 106 Å². The molecule has 5 saturated carbocycles. The Morgan fingerprint density at radius 3 is 2.58 bits per heavy atom. The number of rotatable bonds is 9. The van der Waals surface area contributed by atoms with Crippen LogP contribution in [0.5, 0.6) is 0 Å². The molecule has 5 fully saturated rings. The smallest absolute Gasteiger partial charge is 0.224 e. The fourth-order valence-corrected chi connectivity index (χ4v) is 8.79. The third kappa shape index (κ3) is 5.38. The number of hydrogen-bond acceptors (Lipinski definition) is 8. The normalized spacial score (nSPS) is 33.6. The van der Waals surface area contributed by atoms with Gasteiger partial charge in [0, 0.05) is 30.1 Å². The summed E-state index contributed by atoms with van der Waals surface area (Å²) < 4.78 is 0. The number of hydrogen-bond donors (Lipinski definition) is 4. The van der Waals surface area contributed by atoms with Crippen LogP contribution in [-0.4, -0.2) is 46.1 Å². The number of nitriles is 1. The minimum Gasteiger partial charge on any atom is -0.393 e. The summed E-state index contributed by atoms with van der Waals surface area (Å²) in [6.45, 7) is 1.52. The maximum absolute atomic E-state index is 9.91. The van der Waals surface area contributed by atoms with Crippen LogP contribution >= 0.6 is 11.8 Å². The summed E-state index contributed by atoms with van der Waals surface area (Å²) in [7, 11) is 0. The molecule has 38 heavy (non-hydrogen) atoms. The largest absolute Gasteiger partial charge is 0.393 e. The number of aliphatic hydroxyl groups is 1. The monoisotopic (exact) mass is 532 g/mol. The lowest BCUT2D eigenvalue weighted by molar-refractivity contribution is -0.0737. The van der Waals surface area contributed by atoms with Gasteiger partial charge < -0.3 is 21.1 Å². The first kappa shape index (κ1) is 25.9. The Kier molecular flexibility index (Phi) is 7.52. The zero-order chi connectivity index (χ0) is 26.1. The number of anilines is 2. The van der Waals surface area contributed by atoms with Gasteiger partial charge in [-0.2, -0.15) is 10.2 Å². The summed E-state index contributed by atoms with van der Waals surface area (Å²) >= 11 is 1.73. The molecule has 0 aliphatic heterocycles. The fraction of sp³-hybridized carbons (Fsp3) is 0.633. The number of nitrogens with zero attached hydrogens (tertiary/aromatic N) is 3. The molecule has 1 aromatic carbocycles. The number of benzene rings is 1. The Morgan fingerprint density at radius 2 is 1.84 bits per heavy atom. The van der Waals surface area contributed by atoms with Gasteiger partial charge in [-0.3, -0.25) is 0 Å². The van der Waals surface area contributed by atoms with Crippen LogP contribution in [0.1, 0.15) is 68.9 Å². The van der Waals surface area contributed by atoms with Crippen molar-refractivity contribution in [1.29, 1.82) is 5.26 Å². The first-order chi connectivity index (χ1) is 18.5. The van der Waals surface area contributed by atoms with E-state index in [1.165, 1.54) is 42.6 Å². The van der Waals surface area contributed by atoms with E-state index in [1.54, 1.807) is 18.0 Å². The predicted molar refractivity (Wildman–Crippen MR) is 152 cm³/mol. The molecule has 1 aromatic heterocycles. The molecule has 5 aliphatic carbocycles. The van der Waals surface area contributed by atoms with Crippen LogP contribution in [0.3, 0.4) is 0 Å². The van der Waals surface area contributed by atoms with Crippen molar-refractivity contribution >= 4 is 23.5 Å². The molecular weight excluding hydrogens is 492 g/mol. The molecule has 202 valence electrons. The number of nitrogens with one attached hydrogen (secondary N) is 3. The predicted octanol–water partition coefficient (Wildman–Crippen LogP) is 5.18.